The van der Waals surface area contributed by atoms with Crippen LogP contribution >= 0.6 is 15.9 Å². The largest absolute Gasteiger partial charge is 0.398 e. The summed E-state index contributed by atoms with van der Waals surface area (Å²) in [5.74, 6) is -0.329. The molecule has 0 fully saturated rings. The molecule has 0 spiro atoms. The number of halogens is 1. The van der Waals surface area contributed by atoms with Crippen LogP contribution in [0.4, 0.5) is 5.69 Å². The van der Waals surface area contributed by atoms with Crippen molar-refractivity contribution >= 4 is 27.5 Å². The highest BCUT2D eigenvalue weighted by Crippen LogP contribution is 2.24. The normalized spacial score (nSPS) is 11.1. The fourth-order valence-electron chi connectivity index (χ4n) is 1.57. The molecule has 94 valence electrons. The molecule has 0 aliphatic rings. The van der Waals surface area contributed by atoms with Crippen LogP contribution in [0.5, 0.6) is 0 Å². The van der Waals surface area contributed by atoms with Crippen LogP contribution in [0, 0.1) is 0 Å². The van der Waals surface area contributed by atoms with Gasteiger partial charge in [-0.2, -0.15) is 0 Å². The highest BCUT2D eigenvalue weighted by molar-refractivity contribution is 9.10. The van der Waals surface area contributed by atoms with Crippen molar-refractivity contribution in [3.63, 3.8) is 0 Å². The van der Waals surface area contributed by atoms with E-state index < -0.39 is 0 Å². The Kier molecular flexibility index (Phi) is 4.96. The molecule has 4 nitrogen and oxygen atoms in total. The van der Waals surface area contributed by atoms with Gasteiger partial charge >= 0.3 is 0 Å². The van der Waals surface area contributed by atoms with Crippen molar-refractivity contribution in [2.45, 2.75) is 26.4 Å². The standard InChI is InChI=1S/C12H18BrN3O/c1-8(2)16(7-12(15)17)6-9-10(13)4-3-5-11(9)14/h3-5,8H,6-7,14H2,1-2H3,(H2,15,17). The van der Waals surface area contributed by atoms with E-state index in [-0.39, 0.29) is 18.5 Å². The second kappa shape index (κ2) is 6.02. The van der Waals surface area contributed by atoms with E-state index in [1.54, 1.807) is 0 Å². The van der Waals surface area contributed by atoms with Crippen molar-refractivity contribution in [3.05, 3.63) is 28.2 Å². The first-order valence-electron chi connectivity index (χ1n) is 5.47. The third-order valence-corrected chi connectivity index (χ3v) is 3.35. The van der Waals surface area contributed by atoms with E-state index in [0.717, 1.165) is 15.7 Å². The minimum atomic E-state index is -0.329. The molecule has 0 radical (unpaired) electrons. The van der Waals surface area contributed by atoms with Crippen LogP contribution in [0.2, 0.25) is 0 Å². The summed E-state index contributed by atoms with van der Waals surface area (Å²) in [6.45, 7) is 4.89. The minimum absolute atomic E-state index is 0.231. The quantitative estimate of drug-likeness (QED) is 0.813. The third-order valence-electron chi connectivity index (χ3n) is 2.61. The topological polar surface area (TPSA) is 72.3 Å². The lowest BCUT2D eigenvalue weighted by molar-refractivity contribution is -0.119. The summed E-state index contributed by atoms with van der Waals surface area (Å²) in [7, 11) is 0. The van der Waals surface area contributed by atoms with E-state index in [0.29, 0.717) is 6.54 Å². The lowest BCUT2D eigenvalue weighted by Crippen LogP contribution is -2.38. The Morgan fingerprint density at radius 1 is 1.47 bits per heavy atom. The summed E-state index contributed by atoms with van der Waals surface area (Å²) in [5.41, 5.74) is 12.9. The van der Waals surface area contributed by atoms with Crippen molar-refractivity contribution in [2.75, 3.05) is 12.3 Å². The molecule has 0 atom stereocenters. The van der Waals surface area contributed by atoms with Crippen LogP contribution in [0.3, 0.4) is 0 Å². The number of amides is 1. The fraction of sp³-hybridized carbons (Fsp3) is 0.417. The Morgan fingerprint density at radius 3 is 2.59 bits per heavy atom. The van der Waals surface area contributed by atoms with Crippen molar-refractivity contribution in [3.8, 4) is 0 Å². The minimum Gasteiger partial charge on any atom is -0.398 e. The van der Waals surface area contributed by atoms with Crippen molar-refractivity contribution < 1.29 is 4.79 Å². The second-order valence-corrected chi connectivity index (χ2v) is 5.13. The lowest BCUT2D eigenvalue weighted by atomic mass is 10.1. The number of hydrogen-bond acceptors (Lipinski definition) is 3. The molecule has 0 bridgehead atoms. The van der Waals surface area contributed by atoms with Gasteiger partial charge in [-0.3, -0.25) is 9.69 Å². The van der Waals surface area contributed by atoms with E-state index in [2.05, 4.69) is 15.9 Å². The van der Waals surface area contributed by atoms with Crippen LogP contribution in [0.15, 0.2) is 22.7 Å². The summed E-state index contributed by atoms with van der Waals surface area (Å²) >= 11 is 3.47. The van der Waals surface area contributed by atoms with Gasteiger partial charge in [-0.25, -0.2) is 0 Å². The number of benzene rings is 1. The van der Waals surface area contributed by atoms with Gasteiger partial charge in [0.15, 0.2) is 0 Å². The molecule has 0 saturated carbocycles. The molecule has 1 aromatic rings. The second-order valence-electron chi connectivity index (χ2n) is 4.27. The maximum Gasteiger partial charge on any atom is 0.231 e. The van der Waals surface area contributed by atoms with Crippen LogP contribution < -0.4 is 11.5 Å². The zero-order chi connectivity index (χ0) is 13.0. The SMILES string of the molecule is CC(C)N(CC(N)=O)Cc1c(N)cccc1Br. The van der Waals surface area contributed by atoms with Gasteiger partial charge in [-0.15, -0.1) is 0 Å². The molecule has 0 heterocycles. The van der Waals surface area contributed by atoms with Crippen molar-refractivity contribution in [1.82, 2.24) is 4.90 Å². The molecular formula is C12H18BrN3O. The molecule has 0 saturated heterocycles. The molecule has 0 aliphatic heterocycles. The number of hydrogen-bond donors (Lipinski definition) is 2. The smallest absolute Gasteiger partial charge is 0.231 e. The molecular weight excluding hydrogens is 282 g/mol. The van der Waals surface area contributed by atoms with Crippen LogP contribution in [0.25, 0.3) is 0 Å². The van der Waals surface area contributed by atoms with Crippen molar-refractivity contribution in [1.29, 1.82) is 0 Å². The summed E-state index contributed by atoms with van der Waals surface area (Å²) in [5, 5.41) is 0. The molecule has 5 heteroatoms. The van der Waals surface area contributed by atoms with Gasteiger partial charge in [-0.1, -0.05) is 22.0 Å². The van der Waals surface area contributed by atoms with Gasteiger partial charge in [0.05, 0.1) is 6.54 Å². The fourth-order valence-corrected chi connectivity index (χ4v) is 2.07. The zero-order valence-corrected chi connectivity index (χ0v) is 11.7. The number of carbonyl (C=O) groups is 1. The van der Waals surface area contributed by atoms with Gasteiger partial charge in [0, 0.05) is 28.3 Å². The molecule has 0 aromatic heterocycles. The first-order chi connectivity index (χ1) is 7.91. The Hall–Kier alpha value is -1.07. The first kappa shape index (κ1) is 14.0. The average molecular weight is 300 g/mol. The number of primary amides is 1. The molecule has 1 amide bonds. The maximum atomic E-state index is 11.0. The summed E-state index contributed by atoms with van der Waals surface area (Å²) in [6.07, 6.45) is 0. The average Bonchev–Trinajstić information content (AvgIpc) is 2.21. The Morgan fingerprint density at radius 2 is 2.12 bits per heavy atom. The maximum absolute atomic E-state index is 11.0. The zero-order valence-electron chi connectivity index (χ0n) is 10.1. The van der Waals surface area contributed by atoms with E-state index in [4.69, 9.17) is 11.5 Å². The van der Waals surface area contributed by atoms with Gasteiger partial charge in [0.25, 0.3) is 0 Å². The summed E-state index contributed by atoms with van der Waals surface area (Å²) in [6, 6.07) is 5.91. The molecule has 4 N–H and O–H groups in total. The summed E-state index contributed by atoms with van der Waals surface area (Å²) in [4.78, 5) is 13.0. The van der Waals surface area contributed by atoms with Crippen LogP contribution in [0.1, 0.15) is 19.4 Å². The molecule has 0 aliphatic carbocycles. The Bertz CT molecular complexity index is 386. The molecule has 17 heavy (non-hydrogen) atoms. The Labute approximate surface area is 110 Å². The molecule has 1 aromatic carbocycles. The Balaban J connectivity index is 2.89. The number of rotatable bonds is 5. The number of nitrogens with zero attached hydrogens (tertiary/aromatic N) is 1. The van der Waals surface area contributed by atoms with Crippen LogP contribution in [-0.2, 0) is 11.3 Å². The van der Waals surface area contributed by atoms with E-state index in [1.807, 2.05) is 36.9 Å². The van der Waals surface area contributed by atoms with Crippen LogP contribution in [-0.4, -0.2) is 23.4 Å². The molecule has 1 rings (SSSR count). The van der Waals surface area contributed by atoms with Gasteiger partial charge < -0.3 is 11.5 Å². The number of anilines is 1. The number of nitrogen functional groups attached to an aromatic ring is 1. The van der Waals surface area contributed by atoms with Gasteiger partial charge in [0.2, 0.25) is 5.91 Å². The predicted octanol–water partition coefficient (Wildman–Crippen LogP) is 1.73. The molecule has 0 unspecified atom stereocenters. The number of carbonyl (C=O) groups excluding carboxylic acids is 1. The van der Waals surface area contributed by atoms with E-state index in [9.17, 15) is 4.79 Å². The lowest BCUT2D eigenvalue weighted by Gasteiger charge is -2.26. The predicted molar refractivity (Wildman–Crippen MR) is 73.3 cm³/mol. The first-order valence-corrected chi connectivity index (χ1v) is 6.26. The van der Waals surface area contributed by atoms with E-state index >= 15 is 0 Å². The monoisotopic (exact) mass is 299 g/mol. The van der Waals surface area contributed by atoms with Gasteiger partial charge in [0.1, 0.15) is 0 Å². The van der Waals surface area contributed by atoms with Gasteiger partial charge in [-0.05, 0) is 26.0 Å². The van der Waals surface area contributed by atoms with Crippen molar-refractivity contribution in [2.24, 2.45) is 5.73 Å². The highest BCUT2D eigenvalue weighted by Gasteiger charge is 2.15. The highest BCUT2D eigenvalue weighted by atomic mass is 79.9. The van der Waals surface area contributed by atoms with E-state index in [1.165, 1.54) is 0 Å². The summed E-state index contributed by atoms with van der Waals surface area (Å²) < 4.78 is 0.952. The third kappa shape index (κ3) is 4.02. The number of nitrogens with two attached hydrogens (primary N) is 2.